The molecule has 1 atom stereocenters. The standard InChI is InChI=1S/C16H17FN2O2/c1-9-7-10(2)18-15(14(9)16(20)21)19-11(3)12-5-4-6-13(17)8-12/h4-8,11H,1-3H3,(H,18,19)(H,20,21). The maximum atomic E-state index is 13.3. The zero-order chi connectivity index (χ0) is 15.6. The monoisotopic (exact) mass is 288 g/mol. The summed E-state index contributed by atoms with van der Waals surface area (Å²) in [6, 6.07) is 7.66. The Morgan fingerprint density at radius 1 is 1.33 bits per heavy atom. The Bertz CT molecular complexity index is 686. The zero-order valence-corrected chi connectivity index (χ0v) is 12.1. The number of rotatable bonds is 4. The minimum Gasteiger partial charge on any atom is -0.478 e. The van der Waals surface area contributed by atoms with Crippen LogP contribution in [-0.2, 0) is 0 Å². The first-order valence-electron chi connectivity index (χ1n) is 6.62. The molecule has 0 aliphatic rings. The van der Waals surface area contributed by atoms with E-state index >= 15 is 0 Å². The molecule has 1 aromatic heterocycles. The van der Waals surface area contributed by atoms with Crippen molar-refractivity contribution in [1.82, 2.24) is 4.98 Å². The molecule has 0 amide bonds. The van der Waals surface area contributed by atoms with E-state index in [-0.39, 0.29) is 17.4 Å². The minimum atomic E-state index is -1.03. The van der Waals surface area contributed by atoms with Gasteiger partial charge < -0.3 is 10.4 Å². The molecule has 2 aromatic rings. The molecule has 0 bridgehead atoms. The zero-order valence-electron chi connectivity index (χ0n) is 12.1. The van der Waals surface area contributed by atoms with Gasteiger partial charge in [-0.25, -0.2) is 14.2 Å². The van der Waals surface area contributed by atoms with E-state index in [0.29, 0.717) is 11.4 Å². The number of aryl methyl sites for hydroxylation is 2. The van der Waals surface area contributed by atoms with E-state index in [9.17, 15) is 14.3 Å². The number of anilines is 1. The number of aromatic carboxylic acids is 1. The van der Waals surface area contributed by atoms with Crippen molar-refractivity contribution in [3.63, 3.8) is 0 Å². The number of nitrogens with one attached hydrogen (secondary N) is 1. The number of carbonyl (C=O) groups is 1. The lowest BCUT2D eigenvalue weighted by atomic mass is 10.1. The number of benzene rings is 1. The number of carboxylic acid groups (broad SMARTS) is 1. The summed E-state index contributed by atoms with van der Waals surface area (Å²) in [4.78, 5) is 15.6. The summed E-state index contributed by atoms with van der Waals surface area (Å²) in [6.45, 7) is 5.37. The van der Waals surface area contributed by atoms with Crippen LogP contribution < -0.4 is 5.32 Å². The number of nitrogens with zero attached hydrogens (tertiary/aromatic N) is 1. The van der Waals surface area contributed by atoms with Gasteiger partial charge in [0.25, 0.3) is 0 Å². The molecule has 4 nitrogen and oxygen atoms in total. The molecule has 0 fully saturated rings. The van der Waals surface area contributed by atoms with Crippen LogP contribution in [0.25, 0.3) is 0 Å². The topological polar surface area (TPSA) is 62.2 Å². The summed E-state index contributed by atoms with van der Waals surface area (Å²) in [7, 11) is 0. The molecule has 1 heterocycles. The molecule has 2 N–H and O–H groups in total. The number of halogens is 1. The molecule has 0 aliphatic heterocycles. The van der Waals surface area contributed by atoms with E-state index in [2.05, 4.69) is 10.3 Å². The van der Waals surface area contributed by atoms with E-state index in [1.165, 1.54) is 12.1 Å². The average Bonchev–Trinajstić information content (AvgIpc) is 2.37. The fourth-order valence-electron chi connectivity index (χ4n) is 2.28. The van der Waals surface area contributed by atoms with E-state index in [0.717, 1.165) is 11.3 Å². The number of pyridine rings is 1. The van der Waals surface area contributed by atoms with Crippen LogP contribution in [0, 0.1) is 19.7 Å². The lowest BCUT2D eigenvalue weighted by Gasteiger charge is -2.18. The smallest absolute Gasteiger partial charge is 0.339 e. The molecule has 0 saturated carbocycles. The van der Waals surface area contributed by atoms with Crippen LogP contribution in [0.4, 0.5) is 10.2 Å². The van der Waals surface area contributed by atoms with Gasteiger partial charge in [-0.05, 0) is 50.1 Å². The molecule has 0 spiro atoms. The number of carboxylic acids is 1. The van der Waals surface area contributed by atoms with E-state index in [4.69, 9.17) is 0 Å². The van der Waals surface area contributed by atoms with Crippen molar-refractivity contribution in [2.24, 2.45) is 0 Å². The highest BCUT2D eigenvalue weighted by Gasteiger charge is 2.17. The first-order valence-corrected chi connectivity index (χ1v) is 6.62. The highest BCUT2D eigenvalue weighted by Crippen LogP contribution is 2.24. The van der Waals surface area contributed by atoms with Crippen LogP contribution in [0.2, 0.25) is 0 Å². The van der Waals surface area contributed by atoms with Gasteiger partial charge in [0, 0.05) is 5.69 Å². The molecule has 0 radical (unpaired) electrons. The Labute approximate surface area is 122 Å². The molecular formula is C16H17FN2O2. The van der Waals surface area contributed by atoms with Gasteiger partial charge in [0.15, 0.2) is 0 Å². The quantitative estimate of drug-likeness (QED) is 0.900. The number of aromatic nitrogens is 1. The number of hydrogen-bond acceptors (Lipinski definition) is 3. The second-order valence-electron chi connectivity index (χ2n) is 5.03. The Hall–Kier alpha value is -2.43. The maximum Gasteiger partial charge on any atom is 0.339 e. The Kier molecular flexibility index (Phi) is 4.21. The molecule has 2 rings (SSSR count). The van der Waals surface area contributed by atoms with Crippen LogP contribution in [0.15, 0.2) is 30.3 Å². The Morgan fingerprint density at radius 3 is 2.67 bits per heavy atom. The predicted octanol–water partition coefficient (Wildman–Crippen LogP) is 3.71. The molecule has 1 aromatic carbocycles. The van der Waals surface area contributed by atoms with Crippen molar-refractivity contribution >= 4 is 11.8 Å². The molecule has 1 unspecified atom stereocenters. The van der Waals surface area contributed by atoms with Crippen LogP contribution >= 0.6 is 0 Å². The van der Waals surface area contributed by atoms with Crippen molar-refractivity contribution in [3.05, 3.63) is 58.5 Å². The van der Waals surface area contributed by atoms with E-state index in [1.54, 1.807) is 32.0 Å². The lowest BCUT2D eigenvalue weighted by Crippen LogP contribution is -2.14. The molecule has 0 aliphatic carbocycles. The molecule has 110 valence electrons. The van der Waals surface area contributed by atoms with Crippen LogP contribution in [0.3, 0.4) is 0 Å². The van der Waals surface area contributed by atoms with Crippen molar-refractivity contribution in [2.75, 3.05) is 5.32 Å². The van der Waals surface area contributed by atoms with Gasteiger partial charge in [0.2, 0.25) is 0 Å². The predicted molar refractivity (Wildman–Crippen MR) is 79.1 cm³/mol. The third-order valence-corrected chi connectivity index (χ3v) is 3.26. The summed E-state index contributed by atoms with van der Waals surface area (Å²) in [5.41, 5.74) is 2.24. The second-order valence-corrected chi connectivity index (χ2v) is 5.03. The fraction of sp³-hybridized carbons (Fsp3) is 0.250. The van der Waals surface area contributed by atoms with Gasteiger partial charge >= 0.3 is 5.97 Å². The molecule has 5 heteroatoms. The minimum absolute atomic E-state index is 0.142. The first kappa shape index (κ1) is 15.0. The van der Waals surface area contributed by atoms with Gasteiger partial charge in [-0.3, -0.25) is 0 Å². The Balaban J connectivity index is 2.37. The summed E-state index contributed by atoms with van der Waals surface area (Å²) in [5.74, 6) is -1.06. The first-order chi connectivity index (χ1) is 9.88. The Morgan fingerprint density at radius 2 is 2.05 bits per heavy atom. The maximum absolute atomic E-state index is 13.3. The van der Waals surface area contributed by atoms with Crippen molar-refractivity contribution in [3.8, 4) is 0 Å². The van der Waals surface area contributed by atoms with Crippen LogP contribution in [-0.4, -0.2) is 16.1 Å². The molecule has 0 saturated heterocycles. The SMILES string of the molecule is Cc1cc(C)c(C(=O)O)c(NC(C)c2cccc(F)c2)n1. The van der Waals surface area contributed by atoms with Crippen molar-refractivity contribution in [1.29, 1.82) is 0 Å². The molecular weight excluding hydrogens is 271 g/mol. The average molecular weight is 288 g/mol. The van der Waals surface area contributed by atoms with E-state index in [1.807, 2.05) is 6.92 Å². The summed E-state index contributed by atoms with van der Waals surface area (Å²) >= 11 is 0. The fourth-order valence-corrected chi connectivity index (χ4v) is 2.28. The lowest BCUT2D eigenvalue weighted by molar-refractivity contribution is 0.0696. The highest BCUT2D eigenvalue weighted by molar-refractivity contribution is 5.94. The third kappa shape index (κ3) is 3.37. The largest absolute Gasteiger partial charge is 0.478 e. The third-order valence-electron chi connectivity index (χ3n) is 3.26. The second kappa shape index (κ2) is 5.91. The van der Waals surface area contributed by atoms with Gasteiger partial charge in [0.05, 0.1) is 6.04 Å². The van der Waals surface area contributed by atoms with Crippen LogP contribution in [0.1, 0.15) is 40.1 Å². The normalized spacial score (nSPS) is 12.0. The van der Waals surface area contributed by atoms with Gasteiger partial charge in [-0.1, -0.05) is 12.1 Å². The number of hydrogen-bond donors (Lipinski definition) is 2. The molecule has 21 heavy (non-hydrogen) atoms. The van der Waals surface area contributed by atoms with E-state index < -0.39 is 5.97 Å². The van der Waals surface area contributed by atoms with Gasteiger partial charge in [-0.2, -0.15) is 0 Å². The highest BCUT2D eigenvalue weighted by atomic mass is 19.1. The van der Waals surface area contributed by atoms with Crippen LogP contribution in [0.5, 0.6) is 0 Å². The summed E-state index contributed by atoms with van der Waals surface area (Å²) < 4.78 is 13.3. The van der Waals surface area contributed by atoms with Gasteiger partial charge in [-0.15, -0.1) is 0 Å². The van der Waals surface area contributed by atoms with Crippen molar-refractivity contribution < 1.29 is 14.3 Å². The van der Waals surface area contributed by atoms with Gasteiger partial charge in [0.1, 0.15) is 17.2 Å². The summed E-state index contributed by atoms with van der Waals surface area (Å²) in [5, 5.41) is 12.4. The van der Waals surface area contributed by atoms with Crippen molar-refractivity contribution in [2.45, 2.75) is 26.8 Å². The summed E-state index contributed by atoms with van der Waals surface area (Å²) in [6.07, 6.45) is 0.